The number of benzene rings is 2. The molecule has 1 fully saturated rings. The van der Waals surface area contributed by atoms with E-state index in [2.05, 4.69) is 20.6 Å². The summed E-state index contributed by atoms with van der Waals surface area (Å²) in [6.07, 6.45) is 0. The van der Waals surface area contributed by atoms with Crippen molar-refractivity contribution in [3.8, 4) is 22.8 Å². The minimum Gasteiger partial charge on any atom is -0.454 e. The van der Waals surface area contributed by atoms with E-state index in [0.717, 1.165) is 36.7 Å². The summed E-state index contributed by atoms with van der Waals surface area (Å²) in [6.45, 7) is 6.19. The zero-order valence-electron chi connectivity index (χ0n) is 16.7. The Morgan fingerprint density at radius 2 is 1.80 bits per heavy atom. The predicted octanol–water partition coefficient (Wildman–Crippen LogP) is 3.20. The third-order valence-corrected chi connectivity index (χ3v) is 6.22. The van der Waals surface area contributed by atoms with Gasteiger partial charge in [-0.2, -0.15) is 0 Å². The van der Waals surface area contributed by atoms with Crippen molar-refractivity contribution < 1.29 is 14.3 Å². The standard InChI is InChI=1S/C22H22N4O3S/c1-15-2-5-17(6-3-15)20-21(30-24-23-20)22(27)26-10-8-25(9-11-26)13-16-4-7-18-19(12-16)29-14-28-18/h2-7,12H,8-11,13-14H2,1H3. The van der Waals surface area contributed by atoms with Gasteiger partial charge in [-0.15, -0.1) is 5.10 Å². The van der Waals surface area contributed by atoms with Crippen LogP contribution < -0.4 is 9.47 Å². The predicted molar refractivity (Wildman–Crippen MR) is 114 cm³/mol. The van der Waals surface area contributed by atoms with Gasteiger partial charge < -0.3 is 14.4 Å². The maximum absolute atomic E-state index is 13.1. The molecule has 2 aliphatic rings. The Labute approximate surface area is 179 Å². The number of hydrogen-bond acceptors (Lipinski definition) is 7. The second-order valence-corrected chi connectivity index (χ2v) is 8.33. The molecule has 3 heterocycles. The monoisotopic (exact) mass is 422 g/mol. The number of hydrogen-bond donors (Lipinski definition) is 0. The van der Waals surface area contributed by atoms with Crippen molar-refractivity contribution in [3.63, 3.8) is 0 Å². The van der Waals surface area contributed by atoms with Gasteiger partial charge in [0.25, 0.3) is 5.91 Å². The number of aryl methyl sites for hydroxylation is 1. The molecule has 1 amide bonds. The molecule has 0 N–H and O–H groups in total. The molecule has 0 spiro atoms. The SMILES string of the molecule is Cc1ccc(-c2nnsc2C(=O)N2CCN(Cc3ccc4c(c3)OCO4)CC2)cc1. The molecule has 154 valence electrons. The van der Waals surface area contributed by atoms with E-state index in [4.69, 9.17) is 9.47 Å². The van der Waals surface area contributed by atoms with Gasteiger partial charge in [-0.05, 0) is 36.2 Å². The van der Waals surface area contributed by atoms with Crippen LogP contribution in [-0.2, 0) is 6.54 Å². The van der Waals surface area contributed by atoms with Crippen molar-refractivity contribution in [2.75, 3.05) is 33.0 Å². The Bertz CT molecular complexity index is 1060. The number of carbonyl (C=O) groups is 1. The van der Waals surface area contributed by atoms with E-state index in [-0.39, 0.29) is 12.7 Å². The Morgan fingerprint density at radius 3 is 2.60 bits per heavy atom. The number of nitrogens with zero attached hydrogens (tertiary/aromatic N) is 4. The molecular weight excluding hydrogens is 400 g/mol. The van der Waals surface area contributed by atoms with Crippen molar-refractivity contribution in [2.24, 2.45) is 0 Å². The van der Waals surface area contributed by atoms with Crippen LogP contribution in [-0.4, -0.2) is 58.3 Å². The molecule has 0 aliphatic carbocycles. The lowest BCUT2D eigenvalue weighted by molar-refractivity contribution is 0.0633. The summed E-state index contributed by atoms with van der Waals surface area (Å²) in [5, 5.41) is 4.22. The van der Waals surface area contributed by atoms with Gasteiger partial charge >= 0.3 is 0 Å². The second kappa shape index (κ2) is 8.04. The van der Waals surface area contributed by atoms with Gasteiger partial charge in [-0.3, -0.25) is 9.69 Å². The fourth-order valence-electron chi connectivity index (χ4n) is 3.78. The fraction of sp³-hybridized carbons (Fsp3) is 0.318. The number of rotatable bonds is 4. The summed E-state index contributed by atoms with van der Waals surface area (Å²) >= 11 is 1.17. The zero-order chi connectivity index (χ0) is 20.5. The van der Waals surface area contributed by atoms with E-state index in [9.17, 15) is 4.79 Å². The number of amides is 1. The molecule has 0 atom stereocenters. The van der Waals surface area contributed by atoms with Gasteiger partial charge in [0.1, 0.15) is 10.6 Å². The quantitative estimate of drug-likeness (QED) is 0.643. The van der Waals surface area contributed by atoms with Gasteiger partial charge in [0.2, 0.25) is 6.79 Å². The maximum Gasteiger partial charge on any atom is 0.267 e. The van der Waals surface area contributed by atoms with Gasteiger partial charge in [0.05, 0.1) is 0 Å². The summed E-state index contributed by atoms with van der Waals surface area (Å²) < 4.78 is 14.9. The second-order valence-electron chi connectivity index (χ2n) is 7.57. The molecule has 2 aliphatic heterocycles. The molecular formula is C22H22N4O3S. The highest BCUT2D eigenvalue weighted by atomic mass is 32.1. The van der Waals surface area contributed by atoms with Crippen LogP contribution in [0.3, 0.4) is 0 Å². The van der Waals surface area contributed by atoms with E-state index in [1.54, 1.807) is 0 Å². The Morgan fingerprint density at radius 1 is 1.03 bits per heavy atom. The molecule has 8 heteroatoms. The molecule has 0 saturated carbocycles. The van der Waals surface area contributed by atoms with Crippen LogP contribution in [0.4, 0.5) is 0 Å². The lowest BCUT2D eigenvalue weighted by Gasteiger charge is -2.34. The third-order valence-electron chi connectivity index (χ3n) is 5.51. The first-order chi connectivity index (χ1) is 14.7. The normalized spacial score (nSPS) is 16.1. The largest absolute Gasteiger partial charge is 0.454 e. The van der Waals surface area contributed by atoms with E-state index in [1.807, 2.05) is 48.2 Å². The Balaban J connectivity index is 1.22. The van der Waals surface area contributed by atoms with Gasteiger partial charge in [0, 0.05) is 38.3 Å². The Kier molecular flexibility index (Phi) is 5.10. The summed E-state index contributed by atoms with van der Waals surface area (Å²) in [5.74, 6) is 1.63. The molecule has 7 nitrogen and oxygen atoms in total. The summed E-state index contributed by atoms with van der Waals surface area (Å²) in [5.41, 5.74) is 3.97. The highest BCUT2D eigenvalue weighted by molar-refractivity contribution is 7.08. The van der Waals surface area contributed by atoms with Crippen molar-refractivity contribution in [2.45, 2.75) is 13.5 Å². The van der Waals surface area contributed by atoms with Crippen LogP contribution in [0.1, 0.15) is 20.8 Å². The number of fused-ring (bicyclic) bond motifs is 1. The summed E-state index contributed by atoms with van der Waals surface area (Å²) in [6, 6.07) is 14.1. The van der Waals surface area contributed by atoms with E-state index < -0.39 is 0 Å². The first-order valence-corrected chi connectivity index (χ1v) is 10.7. The first kappa shape index (κ1) is 19.0. The molecule has 0 bridgehead atoms. The topological polar surface area (TPSA) is 67.8 Å². The molecule has 30 heavy (non-hydrogen) atoms. The van der Waals surface area contributed by atoms with Crippen molar-refractivity contribution in [3.05, 3.63) is 58.5 Å². The van der Waals surface area contributed by atoms with Crippen molar-refractivity contribution in [1.29, 1.82) is 0 Å². The van der Waals surface area contributed by atoms with Gasteiger partial charge in [-0.1, -0.05) is 40.4 Å². The molecule has 5 rings (SSSR count). The lowest BCUT2D eigenvalue weighted by atomic mass is 10.1. The van der Waals surface area contributed by atoms with Crippen LogP contribution in [0, 0.1) is 6.92 Å². The van der Waals surface area contributed by atoms with Crippen LogP contribution in [0.25, 0.3) is 11.3 Å². The maximum atomic E-state index is 13.1. The van der Waals surface area contributed by atoms with E-state index in [1.165, 1.54) is 22.7 Å². The zero-order valence-corrected chi connectivity index (χ0v) is 17.5. The highest BCUT2D eigenvalue weighted by Gasteiger charge is 2.27. The van der Waals surface area contributed by atoms with Crippen LogP contribution >= 0.6 is 11.5 Å². The lowest BCUT2D eigenvalue weighted by Crippen LogP contribution is -2.48. The van der Waals surface area contributed by atoms with E-state index >= 15 is 0 Å². The molecule has 0 unspecified atom stereocenters. The van der Waals surface area contributed by atoms with Crippen LogP contribution in [0.5, 0.6) is 11.5 Å². The van der Waals surface area contributed by atoms with Crippen molar-refractivity contribution >= 4 is 17.4 Å². The molecule has 1 saturated heterocycles. The Hall–Kier alpha value is -2.97. The van der Waals surface area contributed by atoms with Gasteiger partial charge in [0.15, 0.2) is 11.5 Å². The number of carbonyl (C=O) groups excluding carboxylic acids is 1. The fourth-order valence-corrected chi connectivity index (χ4v) is 4.44. The summed E-state index contributed by atoms with van der Waals surface area (Å²) in [4.78, 5) is 18.0. The molecule has 1 aromatic heterocycles. The van der Waals surface area contributed by atoms with Crippen LogP contribution in [0.15, 0.2) is 42.5 Å². The summed E-state index contributed by atoms with van der Waals surface area (Å²) in [7, 11) is 0. The third kappa shape index (κ3) is 3.76. The minimum atomic E-state index is 0.0169. The average Bonchev–Trinajstić information content (AvgIpc) is 3.44. The van der Waals surface area contributed by atoms with Crippen LogP contribution in [0.2, 0.25) is 0 Å². The number of aromatic nitrogens is 2. The number of piperazine rings is 1. The van der Waals surface area contributed by atoms with E-state index in [0.29, 0.717) is 23.7 Å². The average molecular weight is 423 g/mol. The van der Waals surface area contributed by atoms with Gasteiger partial charge in [-0.25, -0.2) is 0 Å². The first-order valence-electron chi connectivity index (χ1n) is 9.97. The minimum absolute atomic E-state index is 0.0169. The smallest absolute Gasteiger partial charge is 0.267 e. The highest BCUT2D eigenvalue weighted by Crippen LogP contribution is 2.33. The van der Waals surface area contributed by atoms with Crippen molar-refractivity contribution in [1.82, 2.24) is 19.4 Å². The molecule has 3 aromatic rings. The molecule has 2 aromatic carbocycles. The molecule has 0 radical (unpaired) electrons. The number of ether oxygens (including phenoxy) is 2.